The van der Waals surface area contributed by atoms with Crippen LogP contribution in [0.4, 0.5) is 13.2 Å². The topological polar surface area (TPSA) is 12.0 Å². The predicted octanol–water partition coefficient (Wildman–Crippen LogP) is 7.21. The molecule has 1 atom stereocenters. The van der Waals surface area contributed by atoms with Crippen LogP contribution in [0.15, 0.2) is 72.0 Å². The summed E-state index contributed by atoms with van der Waals surface area (Å²) in [6.07, 6.45) is 6.37. The Hall–Kier alpha value is -2.23. The van der Waals surface area contributed by atoms with Crippen LogP contribution in [0.5, 0.6) is 0 Å². The first-order valence-corrected chi connectivity index (χ1v) is 9.73. The number of alkyl halides is 3. The molecule has 0 aliphatic heterocycles. The minimum Gasteiger partial charge on any atom is -0.384 e. The minimum absolute atomic E-state index is 0.315. The summed E-state index contributed by atoms with van der Waals surface area (Å²) in [5.41, 5.74) is 3.38. The predicted molar refractivity (Wildman–Crippen MR) is 113 cm³/mol. The van der Waals surface area contributed by atoms with E-state index in [1.54, 1.807) is 0 Å². The molecule has 1 aromatic carbocycles. The van der Waals surface area contributed by atoms with E-state index in [1.165, 1.54) is 24.6 Å². The summed E-state index contributed by atoms with van der Waals surface area (Å²) in [4.78, 5) is 0. The zero-order valence-corrected chi connectivity index (χ0v) is 17.4. The van der Waals surface area contributed by atoms with Crippen molar-refractivity contribution >= 4 is 0 Å². The third-order valence-corrected chi connectivity index (χ3v) is 4.40. The molecule has 1 nitrogen and oxygen atoms in total. The Kier molecular flexibility index (Phi) is 9.84. The lowest BCUT2D eigenvalue weighted by molar-refractivity contribution is -0.0269. The van der Waals surface area contributed by atoms with Crippen molar-refractivity contribution in [1.29, 1.82) is 0 Å². The second kappa shape index (κ2) is 11.6. The third kappa shape index (κ3) is 7.79. The summed E-state index contributed by atoms with van der Waals surface area (Å²) in [5.74, 6) is -3.52. The molecule has 4 heteroatoms. The molecule has 1 aromatic rings. The van der Waals surface area contributed by atoms with Crippen LogP contribution in [-0.2, 0) is 6.54 Å². The lowest BCUT2D eigenvalue weighted by atomic mass is 9.99. The molecule has 0 heterocycles. The molecule has 0 amide bonds. The quantitative estimate of drug-likeness (QED) is 0.393. The van der Waals surface area contributed by atoms with E-state index in [1.807, 2.05) is 50.3 Å². The molecule has 0 saturated carbocycles. The van der Waals surface area contributed by atoms with Gasteiger partial charge >= 0.3 is 5.92 Å². The molecule has 0 aromatic heterocycles. The number of nitrogens with one attached hydrogen (secondary N) is 1. The van der Waals surface area contributed by atoms with Gasteiger partial charge in [0.15, 0.2) is 6.17 Å². The van der Waals surface area contributed by atoms with Crippen molar-refractivity contribution in [3.8, 4) is 0 Å². The van der Waals surface area contributed by atoms with Gasteiger partial charge in [-0.1, -0.05) is 68.0 Å². The molecule has 0 bridgehead atoms. The highest BCUT2D eigenvalue weighted by Gasteiger charge is 2.39. The normalized spacial score (nSPS) is 14.4. The number of allylic oxidation sites excluding steroid dienone is 6. The lowest BCUT2D eigenvalue weighted by Gasteiger charge is -2.20. The Morgan fingerprint density at radius 1 is 1.25 bits per heavy atom. The van der Waals surface area contributed by atoms with Gasteiger partial charge in [-0.2, -0.15) is 8.78 Å². The Bertz CT molecular complexity index is 710. The van der Waals surface area contributed by atoms with Crippen LogP contribution in [0.25, 0.3) is 0 Å². The van der Waals surface area contributed by atoms with Crippen molar-refractivity contribution in [2.45, 2.75) is 65.6 Å². The van der Waals surface area contributed by atoms with E-state index in [4.69, 9.17) is 0 Å². The molecule has 1 N–H and O–H groups in total. The van der Waals surface area contributed by atoms with Crippen molar-refractivity contribution < 1.29 is 13.2 Å². The minimum atomic E-state index is -3.52. The van der Waals surface area contributed by atoms with Crippen molar-refractivity contribution in [2.24, 2.45) is 0 Å². The average molecular weight is 392 g/mol. The van der Waals surface area contributed by atoms with E-state index in [-0.39, 0.29) is 5.57 Å². The van der Waals surface area contributed by atoms with Gasteiger partial charge in [-0.15, -0.1) is 0 Å². The maximum Gasteiger partial charge on any atom is 0.303 e. The summed E-state index contributed by atoms with van der Waals surface area (Å²) in [5, 5.41) is 3.24. The monoisotopic (exact) mass is 391 g/mol. The molecule has 1 rings (SSSR count). The van der Waals surface area contributed by atoms with Crippen LogP contribution in [0.2, 0.25) is 0 Å². The van der Waals surface area contributed by atoms with Gasteiger partial charge in [0.1, 0.15) is 0 Å². The molecule has 0 radical (unpaired) electrons. The van der Waals surface area contributed by atoms with Crippen LogP contribution in [0, 0.1) is 6.92 Å². The first kappa shape index (κ1) is 23.8. The van der Waals surface area contributed by atoms with Gasteiger partial charge in [0.25, 0.3) is 0 Å². The molecule has 0 fully saturated rings. The number of hydrogen-bond acceptors (Lipinski definition) is 1. The fourth-order valence-electron chi connectivity index (χ4n) is 2.60. The Morgan fingerprint density at radius 2 is 1.89 bits per heavy atom. The number of unbranched alkanes of at least 4 members (excludes halogenated alkanes) is 1. The largest absolute Gasteiger partial charge is 0.384 e. The molecule has 0 aliphatic rings. The first-order chi connectivity index (χ1) is 13.2. The Labute approximate surface area is 167 Å². The lowest BCUT2D eigenvalue weighted by Crippen LogP contribution is -2.29. The smallest absolute Gasteiger partial charge is 0.303 e. The van der Waals surface area contributed by atoms with Crippen molar-refractivity contribution in [2.75, 3.05) is 0 Å². The van der Waals surface area contributed by atoms with Crippen molar-refractivity contribution in [3.63, 3.8) is 0 Å². The standard InChI is InChI=1S/C24H32F3N/c1-6-8-9-10-22(16-23(7-2)24(26,27)20(5)25)15-19(4)28-17-21-13-11-18(3)12-14-21/h7,9-14,16,20,28H,4,6,8,15,17H2,1-3,5H3/b10-9+,22-16+,23-7+. The first-order valence-electron chi connectivity index (χ1n) is 9.73. The summed E-state index contributed by atoms with van der Waals surface area (Å²) in [6, 6.07) is 8.15. The molecule has 28 heavy (non-hydrogen) atoms. The second-order valence-corrected chi connectivity index (χ2v) is 7.01. The number of aryl methyl sites for hydroxylation is 1. The molecule has 0 saturated heterocycles. The van der Waals surface area contributed by atoms with Gasteiger partial charge in [-0.3, -0.25) is 0 Å². The van der Waals surface area contributed by atoms with Gasteiger partial charge in [-0.25, -0.2) is 4.39 Å². The van der Waals surface area contributed by atoms with Crippen molar-refractivity contribution in [3.05, 3.63) is 83.1 Å². The van der Waals surface area contributed by atoms with Crippen LogP contribution in [0.1, 0.15) is 51.2 Å². The van der Waals surface area contributed by atoms with E-state index in [9.17, 15) is 13.2 Å². The van der Waals surface area contributed by atoms with E-state index < -0.39 is 12.1 Å². The van der Waals surface area contributed by atoms with E-state index in [0.717, 1.165) is 31.0 Å². The number of rotatable bonds is 11. The van der Waals surface area contributed by atoms with Crippen LogP contribution >= 0.6 is 0 Å². The number of benzene rings is 1. The SMILES string of the molecule is C=C(CC(=C/C(=C\C)C(F)(F)C(C)F)/C=C/CCC)NCc1ccc(C)cc1. The van der Waals surface area contributed by atoms with Gasteiger partial charge in [-0.05, 0) is 44.4 Å². The maximum atomic E-state index is 14.1. The summed E-state index contributed by atoms with van der Waals surface area (Å²) in [6.45, 7) is 11.1. The maximum absolute atomic E-state index is 14.1. The molecule has 0 aliphatic carbocycles. The van der Waals surface area contributed by atoms with Crippen LogP contribution in [-0.4, -0.2) is 12.1 Å². The van der Waals surface area contributed by atoms with Gasteiger partial charge in [0, 0.05) is 24.2 Å². The Morgan fingerprint density at radius 3 is 2.43 bits per heavy atom. The molecule has 1 unspecified atom stereocenters. The Balaban J connectivity index is 2.91. The fraction of sp³-hybridized carbons (Fsp3) is 0.417. The highest BCUT2D eigenvalue weighted by molar-refractivity contribution is 5.37. The highest BCUT2D eigenvalue weighted by Crippen LogP contribution is 2.32. The summed E-state index contributed by atoms with van der Waals surface area (Å²) >= 11 is 0. The van der Waals surface area contributed by atoms with E-state index in [2.05, 4.69) is 11.9 Å². The van der Waals surface area contributed by atoms with Gasteiger partial charge in [0.05, 0.1) is 0 Å². The van der Waals surface area contributed by atoms with E-state index in [0.29, 0.717) is 18.5 Å². The molecular formula is C24H32F3N. The van der Waals surface area contributed by atoms with Crippen molar-refractivity contribution in [1.82, 2.24) is 5.32 Å². The summed E-state index contributed by atoms with van der Waals surface area (Å²) in [7, 11) is 0. The summed E-state index contributed by atoms with van der Waals surface area (Å²) < 4.78 is 41.7. The van der Waals surface area contributed by atoms with Crippen LogP contribution < -0.4 is 5.32 Å². The van der Waals surface area contributed by atoms with Gasteiger partial charge < -0.3 is 5.32 Å². The molecular weight excluding hydrogens is 359 g/mol. The molecule has 0 spiro atoms. The average Bonchev–Trinajstić information content (AvgIpc) is 2.65. The number of halogens is 3. The van der Waals surface area contributed by atoms with Crippen LogP contribution in [0.3, 0.4) is 0 Å². The van der Waals surface area contributed by atoms with Gasteiger partial charge in [0.2, 0.25) is 0 Å². The number of hydrogen-bond donors (Lipinski definition) is 1. The fourth-order valence-corrected chi connectivity index (χ4v) is 2.60. The molecule has 154 valence electrons. The van der Waals surface area contributed by atoms with E-state index >= 15 is 0 Å². The zero-order chi connectivity index (χ0) is 21.2. The zero-order valence-electron chi connectivity index (χ0n) is 17.4. The third-order valence-electron chi connectivity index (χ3n) is 4.40. The second-order valence-electron chi connectivity index (χ2n) is 7.01. The highest BCUT2D eigenvalue weighted by atomic mass is 19.3.